The third-order valence-electron chi connectivity index (χ3n) is 12.9. The summed E-state index contributed by atoms with van der Waals surface area (Å²) in [7, 11) is 3.05. The number of aromatic carboxylic acids is 2. The van der Waals surface area contributed by atoms with Crippen molar-refractivity contribution >= 4 is 70.3 Å². The number of benzene rings is 4. The molecule has 22 heteroatoms. The Morgan fingerprint density at radius 2 is 0.947 bits per heavy atom. The summed E-state index contributed by atoms with van der Waals surface area (Å²) in [6.45, 7) is 1.83. The molecule has 4 aromatic rings. The summed E-state index contributed by atoms with van der Waals surface area (Å²) < 4.78 is 32.4. The number of carbonyl (C=O) groups is 8. The number of hydrogen-bond acceptors (Lipinski definition) is 18. The van der Waals surface area contributed by atoms with Crippen molar-refractivity contribution in [2.24, 2.45) is 22.0 Å². The molecule has 5 unspecified atom stereocenters. The van der Waals surface area contributed by atoms with Crippen LogP contribution in [0.4, 0.5) is 11.4 Å². The number of rotatable bonds is 25. The van der Waals surface area contributed by atoms with Crippen molar-refractivity contribution in [3.63, 3.8) is 0 Å². The number of carbonyl (C=O) groups excluding carboxylic acids is 6. The minimum Gasteiger partial charge on any atom is -0.497 e. The summed E-state index contributed by atoms with van der Waals surface area (Å²) in [5, 5.41) is 31.1. The number of esters is 2. The Balaban J connectivity index is 0.716. The number of carboxylic acid groups (broad SMARTS) is 2. The van der Waals surface area contributed by atoms with Gasteiger partial charge in [0.25, 0.3) is 11.8 Å². The molecule has 0 spiro atoms. The van der Waals surface area contributed by atoms with Crippen LogP contribution in [0.5, 0.6) is 11.5 Å². The van der Waals surface area contributed by atoms with Crippen LogP contribution < -0.4 is 19.5 Å². The fourth-order valence-electron chi connectivity index (χ4n) is 9.15. The van der Waals surface area contributed by atoms with E-state index in [9.17, 15) is 48.6 Å². The number of hydrazone groups is 2. The summed E-state index contributed by atoms with van der Waals surface area (Å²) >= 11 is 0. The molecule has 2 fully saturated rings. The van der Waals surface area contributed by atoms with E-state index in [1.54, 1.807) is 79.7 Å². The van der Waals surface area contributed by atoms with Gasteiger partial charge in [0.05, 0.1) is 74.1 Å². The van der Waals surface area contributed by atoms with Crippen LogP contribution in [0.3, 0.4) is 0 Å². The van der Waals surface area contributed by atoms with Gasteiger partial charge in [-0.1, -0.05) is 24.3 Å². The van der Waals surface area contributed by atoms with Crippen LogP contribution >= 0.6 is 0 Å². The summed E-state index contributed by atoms with van der Waals surface area (Å²) in [6.07, 6.45) is -0.271. The summed E-state index contributed by atoms with van der Waals surface area (Å²) in [5.74, 6) is -6.01. The van der Waals surface area contributed by atoms with Gasteiger partial charge in [-0.05, 0) is 104 Å². The summed E-state index contributed by atoms with van der Waals surface area (Å²) in [4.78, 5) is 106. The van der Waals surface area contributed by atoms with E-state index in [4.69, 9.17) is 28.4 Å². The van der Waals surface area contributed by atoms with Crippen LogP contribution in [-0.4, -0.2) is 157 Å². The van der Waals surface area contributed by atoms with Gasteiger partial charge >= 0.3 is 23.9 Å². The van der Waals surface area contributed by atoms with Crippen molar-refractivity contribution in [1.29, 1.82) is 0 Å². The number of imide groups is 2. The van der Waals surface area contributed by atoms with Crippen LogP contribution in [0.25, 0.3) is 0 Å². The second kappa shape index (κ2) is 23.6. The average Bonchev–Trinajstić information content (AvgIpc) is 4.18. The molecule has 0 aliphatic carbocycles. The zero-order valence-electron chi connectivity index (χ0n) is 41.2. The molecule has 4 aromatic carbocycles. The largest absolute Gasteiger partial charge is 0.497 e. The number of nitrogens with zero attached hydrogens (tertiary/aromatic N) is 6. The minimum atomic E-state index is -1.11. The molecular formula is C53H54N6O16. The first-order valence-corrected chi connectivity index (χ1v) is 24.1. The fourth-order valence-corrected chi connectivity index (χ4v) is 9.15. The average molecular weight is 1030 g/mol. The minimum absolute atomic E-state index is 0.0388. The highest BCUT2D eigenvalue weighted by Gasteiger charge is 2.58. The van der Waals surface area contributed by atoms with E-state index in [0.717, 1.165) is 9.80 Å². The third-order valence-corrected chi connectivity index (χ3v) is 12.9. The molecule has 8 rings (SSSR count). The Morgan fingerprint density at radius 1 is 0.547 bits per heavy atom. The van der Waals surface area contributed by atoms with E-state index in [-0.39, 0.29) is 82.9 Å². The van der Waals surface area contributed by atoms with Crippen molar-refractivity contribution in [3.05, 3.63) is 119 Å². The maximum absolute atomic E-state index is 13.8. The number of likely N-dealkylation sites (tertiary alicyclic amines) is 2. The smallest absolute Gasteiger partial charge is 0.335 e. The van der Waals surface area contributed by atoms with Crippen LogP contribution in [-0.2, 0) is 47.7 Å². The molecule has 0 bridgehead atoms. The van der Waals surface area contributed by atoms with Crippen LogP contribution in [0, 0.1) is 11.8 Å². The number of fused-ring (bicyclic) bond motifs is 2. The predicted molar refractivity (Wildman–Crippen MR) is 265 cm³/mol. The third kappa shape index (κ3) is 11.7. The number of hydrogen-bond donors (Lipinski definition) is 2. The molecule has 4 amide bonds. The van der Waals surface area contributed by atoms with E-state index in [0.29, 0.717) is 45.4 Å². The van der Waals surface area contributed by atoms with Gasteiger partial charge in [-0.2, -0.15) is 10.2 Å². The SMILES string of the molecule is COc1ccc(N2N=C(c3ccc(C(=O)O)cc3)C3C(=O)N(CCCC(=O)OCCOCC(C)OCCOC(=O)CCCN4C(=O)C5C(c6ccc(C(=O)O)cc6)=NN(c6ccc(OC)cc6)C5C4=O)C(=O)C32)cc1. The highest BCUT2D eigenvalue weighted by molar-refractivity contribution is 6.26. The lowest BCUT2D eigenvalue weighted by molar-refractivity contribution is -0.148. The van der Waals surface area contributed by atoms with Gasteiger partial charge in [0.15, 0.2) is 0 Å². The van der Waals surface area contributed by atoms with E-state index in [1.807, 2.05) is 0 Å². The number of carboxylic acids is 2. The van der Waals surface area contributed by atoms with Gasteiger partial charge in [0.2, 0.25) is 11.8 Å². The first-order chi connectivity index (χ1) is 36.2. The predicted octanol–water partition coefficient (Wildman–Crippen LogP) is 4.02. The molecule has 0 radical (unpaired) electrons. The van der Waals surface area contributed by atoms with E-state index in [2.05, 4.69) is 10.2 Å². The monoisotopic (exact) mass is 1030 g/mol. The highest BCUT2D eigenvalue weighted by atomic mass is 16.6. The number of amides is 4. The molecule has 4 heterocycles. The molecule has 392 valence electrons. The summed E-state index contributed by atoms with van der Waals surface area (Å²) in [6, 6.07) is 23.5. The Labute approximate surface area is 429 Å². The van der Waals surface area contributed by atoms with Gasteiger partial charge in [0.1, 0.15) is 48.6 Å². The zero-order chi connectivity index (χ0) is 53.3. The van der Waals surface area contributed by atoms with Crippen LogP contribution in [0.15, 0.2) is 107 Å². The maximum Gasteiger partial charge on any atom is 0.335 e. The van der Waals surface area contributed by atoms with E-state index in [1.165, 1.54) is 48.5 Å². The van der Waals surface area contributed by atoms with Gasteiger partial charge < -0.3 is 38.6 Å². The van der Waals surface area contributed by atoms with Gasteiger partial charge in [0, 0.05) is 25.9 Å². The lowest BCUT2D eigenvalue weighted by Crippen LogP contribution is -2.39. The van der Waals surface area contributed by atoms with E-state index < -0.39 is 77.5 Å². The van der Waals surface area contributed by atoms with Gasteiger partial charge in [-0.25, -0.2) is 9.59 Å². The topological polar surface area (TPSA) is 270 Å². The molecule has 0 saturated carbocycles. The second-order valence-corrected chi connectivity index (χ2v) is 17.7. The lowest BCUT2D eigenvalue weighted by atomic mass is 9.92. The van der Waals surface area contributed by atoms with Crippen molar-refractivity contribution in [2.75, 3.05) is 70.4 Å². The Kier molecular flexibility index (Phi) is 16.6. The molecule has 75 heavy (non-hydrogen) atoms. The number of ether oxygens (including phenoxy) is 6. The van der Waals surface area contributed by atoms with E-state index >= 15 is 0 Å². The maximum atomic E-state index is 13.8. The normalized spacial score (nSPS) is 19.2. The second-order valence-electron chi connectivity index (χ2n) is 17.7. The molecule has 0 aromatic heterocycles. The van der Waals surface area contributed by atoms with Crippen molar-refractivity contribution in [1.82, 2.24) is 9.80 Å². The molecule has 2 N–H and O–H groups in total. The van der Waals surface area contributed by atoms with Crippen LogP contribution in [0.1, 0.15) is 64.4 Å². The van der Waals surface area contributed by atoms with Crippen molar-refractivity contribution in [3.8, 4) is 11.5 Å². The molecule has 4 aliphatic rings. The number of methoxy groups -OCH3 is 2. The molecular weight excluding hydrogens is 977 g/mol. The van der Waals surface area contributed by atoms with Crippen molar-refractivity contribution < 1.29 is 77.0 Å². The van der Waals surface area contributed by atoms with Crippen LogP contribution in [0.2, 0.25) is 0 Å². The van der Waals surface area contributed by atoms with Gasteiger partial charge in [-0.15, -0.1) is 0 Å². The zero-order valence-corrected chi connectivity index (χ0v) is 41.2. The summed E-state index contributed by atoms with van der Waals surface area (Å²) in [5.41, 5.74) is 2.82. The molecule has 2 saturated heterocycles. The standard InChI is InChI=1S/C53H54N6O16/c1-31(73-28-29-75-41(61)7-5-25-57-49(63)43-45(33-10-14-35(15-11-33)53(68)69)55-59(47(43)51(57)65)37-18-22-39(71-3)23-19-37)30-72-26-27-74-40(60)6-4-24-56-48(62)42-44(32-8-12-34(13-9-32)52(66)67)54-58(46(42)50(56)64)36-16-20-38(70-2)21-17-36/h8-23,31,42-43,46-47H,4-7,24-30H2,1-3H3,(H,66,67)(H,68,69). The first kappa shape index (κ1) is 52.8. The van der Waals surface area contributed by atoms with Crippen molar-refractivity contribution in [2.45, 2.75) is 50.8 Å². The molecule has 4 aliphatic heterocycles. The molecule has 22 nitrogen and oxygen atoms in total. The number of anilines is 2. The molecule has 5 atom stereocenters. The Bertz CT molecular complexity index is 2870. The Hall–Kier alpha value is -8.50. The quantitative estimate of drug-likeness (QED) is 0.0539. The fraction of sp³-hybridized carbons (Fsp3) is 0.358. The highest BCUT2D eigenvalue weighted by Crippen LogP contribution is 2.40. The Morgan fingerprint density at radius 3 is 1.33 bits per heavy atom. The van der Waals surface area contributed by atoms with Gasteiger partial charge in [-0.3, -0.25) is 48.6 Å². The lowest BCUT2D eigenvalue weighted by Gasteiger charge is -2.22. The first-order valence-electron chi connectivity index (χ1n) is 24.1.